The molecule has 312 valence electrons. The third kappa shape index (κ3) is 8.58. The molecule has 1 saturated heterocycles. The number of ether oxygens (including phenoxy) is 5. The van der Waals surface area contributed by atoms with E-state index in [4.69, 9.17) is 34.1 Å². The number of ketones is 2. The summed E-state index contributed by atoms with van der Waals surface area (Å²) in [5, 5.41) is 31.2. The van der Waals surface area contributed by atoms with E-state index in [1.165, 1.54) is 19.1 Å². The molecule has 4 fully saturated rings. The number of benzene rings is 1. The molecule has 5 aliphatic rings. The van der Waals surface area contributed by atoms with Crippen LogP contribution in [0.25, 0.3) is 0 Å². The highest BCUT2D eigenvalue weighted by molar-refractivity contribution is 6.01. The summed E-state index contributed by atoms with van der Waals surface area (Å²) in [6.45, 7) is 6.75. The van der Waals surface area contributed by atoms with E-state index < -0.39 is 76.8 Å². The van der Waals surface area contributed by atoms with Crippen molar-refractivity contribution in [2.75, 3.05) is 19.8 Å². The van der Waals surface area contributed by atoms with Gasteiger partial charge >= 0.3 is 12.1 Å². The highest BCUT2D eigenvalue weighted by Gasteiger charge is 2.76. The molecule has 1 heterocycles. The average Bonchev–Trinajstić information content (AvgIpc) is 3.64. The second-order valence-electron chi connectivity index (χ2n) is 16.3. The van der Waals surface area contributed by atoms with Crippen molar-refractivity contribution in [3.8, 4) is 5.75 Å². The normalized spacial score (nSPS) is 33.0. The minimum Gasteiger partial charge on any atom is -0.464 e. The van der Waals surface area contributed by atoms with E-state index in [1.54, 1.807) is 24.3 Å². The second-order valence-corrected chi connectivity index (χ2v) is 16.3. The van der Waals surface area contributed by atoms with Gasteiger partial charge < -0.3 is 34.1 Å². The largest absolute Gasteiger partial charge is 0.514 e. The van der Waals surface area contributed by atoms with Gasteiger partial charge in [0.25, 0.3) is 0 Å². The summed E-state index contributed by atoms with van der Waals surface area (Å²) in [4.78, 5) is 68.7. The van der Waals surface area contributed by atoms with Crippen molar-refractivity contribution in [3.63, 3.8) is 0 Å². The maximum absolute atomic E-state index is 14.5. The van der Waals surface area contributed by atoms with E-state index in [9.17, 15) is 29.1 Å². The van der Waals surface area contributed by atoms with Gasteiger partial charge in [0.2, 0.25) is 11.7 Å². The number of hydrogen-bond donors (Lipinski definition) is 4. The molecule has 4 N–H and O–H groups in total. The number of carbonyl (C=O) groups is 5. The van der Waals surface area contributed by atoms with E-state index in [0.29, 0.717) is 37.7 Å². The van der Waals surface area contributed by atoms with Gasteiger partial charge in [-0.1, -0.05) is 51.0 Å². The molecule has 57 heavy (non-hydrogen) atoms. The smallest absolute Gasteiger partial charge is 0.464 e. The molecule has 16 nitrogen and oxygen atoms in total. The van der Waals surface area contributed by atoms with Crippen LogP contribution in [0.2, 0.25) is 0 Å². The quantitative estimate of drug-likeness (QED) is 0.0793. The van der Waals surface area contributed by atoms with Gasteiger partial charge in [0, 0.05) is 30.1 Å². The molecule has 1 aliphatic heterocycles. The lowest BCUT2D eigenvalue weighted by Gasteiger charge is -2.59. The number of nitrogens with zero attached hydrogens (tertiary/aromatic N) is 1. The number of amides is 1. The van der Waals surface area contributed by atoms with Crippen LogP contribution in [0.5, 0.6) is 5.75 Å². The van der Waals surface area contributed by atoms with Crippen LogP contribution < -0.4 is 10.1 Å². The summed E-state index contributed by atoms with van der Waals surface area (Å²) in [6, 6.07) is 5.20. The zero-order valence-electron chi connectivity index (χ0n) is 32.8. The average molecular weight is 799 g/mol. The molecule has 10 atom stereocenters. The molecular formula is C41H54N2O14. The first-order chi connectivity index (χ1) is 27.1. The van der Waals surface area contributed by atoms with Crippen LogP contribution in [0.4, 0.5) is 4.79 Å². The summed E-state index contributed by atoms with van der Waals surface area (Å²) >= 11 is 0. The van der Waals surface area contributed by atoms with Crippen molar-refractivity contribution in [2.45, 2.75) is 116 Å². The minimum absolute atomic E-state index is 0.00338. The Hall–Kier alpha value is -4.03. The first kappa shape index (κ1) is 42.6. The maximum atomic E-state index is 14.5. The number of allylic oxidation sites excluding steroid dienone is 4. The molecule has 1 aromatic carbocycles. The Kier molecular flexibility index (Phi) is 13.0. The maximum Gasteiger partial charge on any atom is 0.514 e. The topological polar surface area (TPSA) is 217 Å². The van der Waals surface area contributed by atoms with Crippen LogP contribution in [0.15, 0.2) is 48.1 Å². The molecule has 2 unspecified atom stereocenters. The Morgan fingerprint density at radius 2 is 1.81 bits per heavy atom. The fourth-order valence-corrected chi connectivity index (χ4v) is 10.4. The highest BCUT2D eigenvalue weighted by Crippen LogP contribution is 2.69. The van der Waals surface area contributed by atoms with E-state index in [1.807, 2.05) is 19.9 Å². The first-order valence-corrected chi connectivity index (χ1v) is 19.8. The Labute approximate surface area is 331 Å². The van der Waals surface area contributed by atoms with Gasteiger partial charge in [-0.05, 0) is 86.6 Å². The van der Waals surface area contributed by atoms with Gasteiger partial charge in [-0.2, -0.15) is 0 Å². The molecular weight excluding hydrogens is 744 g/mol. The number of hydrogen-bond acceptors (Lipinski definition) is 15. The van der Waals surface area contributed by atoms with Crippen LogP contribution in [0.1, 0.15) is 84.6 Å². The van der Waals surface area contributed by atoms with Gasteiger partial charge in [-0.25, -0.2) is 9.59 Å². The first-order valence-electron chi connectivity index (χ1n) is 19.8. The third-order valence-corrected chi connectivity index (χ3v) is 12.8. The lowest BCUT2D eigenvalue weighted by Crippen LogP contribution is -2.63. The fraction of sp³-hybridized carbons (Fsp3) is 0.634. The van der Waals surface area contributed by atoms with E-state index in [-0.39, 0.29) is 55.3 Å². The van der Waals surface area contributed by atoms with Crippen LogP contribution in [0.3, 0.4) is 0 Å². The third-order valence-electron chi connectivity index (χ3n) is 12.8. The molecule has 0 radical (unpaired) electrons. The molecule has 1 aromatic rings. The lowest BCUT2D eigenvalue weighted by molar-refractivity contribution is -0.492. The number of aliphatic hydroxyl groups excluding tert-OH is 1. The van der Waals surface area contributed by atoms with Gasteiger partial charge in [0.05, 0.1) is 30.8 Å². The number of carbonyl (C=O) groups excluding carboxylic acids is 5. The van der Waals surface area contributed by atoms with Crippen molar-refractivity contribution < 1.29 is 68.0 Å². The summed E-state index contributed by atoms with van der Waals surface area (Å²) in [5.74, 6) is -1.61. The highest BCUT2D eigenvalue weighted by atomic mass is 17.1. The molecule has 3 saturated carbocycles. The molecule has 0 spiro atoms. The lowest BCUT2D eigenvalue weighted by atomic mass is 9.46. The van der Waals surface area contributed by atoms with E-state index in [2.05, 4.69) is 17.1 Å². The summed E-state index contributed by atoms with van der Waals surface area (Å²) in [7, 11) is 0. The van der Waals surface area contributed by atoms with Crippen molar-refractivity contribution in [3.05, 3.63) is 53.6 Å². The zero-order chi connectivity index (χ0) is 41.1. The van der Waals surface area contributed by atoms with Gasteiger partial charge in [0.1, 0.15) is 11.8 Å². The van der Waals surface area contributed by atoms with Crippen LogP contribution in [0, 0.1) is 28.6 Å². The Bertz CT molecular complexity index is 1750. The summed E-state index contributed by atoms with van der Waals surface area (Å²) in [5.41, 5.74) is -1.10. The van der Waals surface area contributed by atoms with Gasteiger partial charge in [-0.3, -0.25) is 29.6 Å². The van der Waals surface area contributed by atoms with Gasteiger partial charge in [0.15, 0.2) is 24.3 Å². The van der Waals surface area contributed by atoms with E-state index in [0.717, 1.165) is 18.4 Å². The fourth-order valence-electron chi connectivity index (χ4n) is 10.4. The van der Waals surface area contributed by atoms with Crippen LogP contribution in [-0.2, 0) is 49.4 Å². The van der Waals surface area contributed by atoms with Crippen molar-refractivity contribution in [2.24, 2.45) is 28.6 Å². The summed E-state index contributed by atoms with van der Waals surface area (Å²) in [6.07, 6.45) is 6.61. The number of aliphatic hydroxyl groups is 1. The SMILES string of the molecule is CCCC1O[C@@H]2C[C@H]3[C@@H]4CCC5=CC(=O)C=C[C@]5(C)[C@H]4[C@@H](O)C[C@]3(C)[C@]2(C(=O)COC(=O)Oc2ccc(CC(NC(C)=O)C(=O)OCCCCON(O)O)cc2)O1. The second kappa shape index (κ2) is 17.4. The Balaban J connectivity index is 1.08. The molecule has 16 heteroatoms. The molecule has 0 aromatic heterocycles. The standard InChI is InChI=1S/C41H54N2O14/c1-5-8-35-56-34-21-30-29-14-11-26-20-27(45)15-16-39(26,3)36(29)32(46)22-40(30,4)41(34,57-35)33(47)23-53-38(49)55-28-12-9-25(10-13-28)19-31(42-24(2)44)37(48)52-17-6-7-18-54-43(50)51/h9-10,12-13,15-16,20,29-32,34-36,46,50-51H,5-8,11,14,17-19,21-23H2,1-4H3,(H,42,44)/t29-,30-,31?,32-,34+,35?,36+,39-,40-,41+/m0/s1. The van der Waals surface area contributed by atoms with Crippen LogP contribution >= 0.6 is 0 Å². The molecule has 1 amide bonds. The number of fused-ring (bicyclic) bond motifs is 7. The van der Waals surface area contributed by atoms with Gasteiger partial charge in [-0.15, -0.1) is 0 Å². The number of unbranched alkanes of at least 4 members (excludes halogenated alkanes) is 1. The Morgan fingerprint density at radius 1 is 1.07 bits per heavy atom. The Morgan fingerprint density at radius 3 is 2.51 bits per heavy atom. The number of esters is 1. The van der Waals surface area contributed by atoms with Crippen molar-refractivity contribution in [1.29, 1.82) is 0 Å². The molecule has 6 rings (SSSR count). The summed E-state index contributed by atoms with van der Waals surface area (Å²) < 4.78 is 29.2. The van der Waals surface area contributed by atoms with Crippen molar-refractivity contribution >= 4 is 29.6 Å². The van der Waals surface area contributed by atoms with Crippen LogP contribution in [-0.4, -0.2) is 100 Å². The number of nitrogens with one attached hydrogen (secondary N) is 1. The number of Topliss-reactive ketones (excluding diaryl/α,β-unsaturated/α-hetero) is 1. The molecule has 4 aliphatic carbocycles. The zero-order valence-corrected chi connectivity index (χ0v) is 32.8. The monoisotopic (exact) mass is 798 g/mol. The minimum atomic E-state index is -1.46. The predicted molar refractivity (Wildman–Crippen MR) is 197 cm³/mol. The van der Waals surface area contributed by atoms with Crippen molar-refractivity contribution in [1.82, 2.24) is 10.7 Å². The number of rotatable bonds is 16. The van der Waals surface area contributed by atoms with E-state index >= 15 is 0 Å². The predicted octanol–water partition coefficient (Wildman–Crippen LogP) is 4.32. The molecule has 0 bridgehead atoms.